The summed E-state index contributed by atoms with van der Waals surface area (Å²) < 4.78 is 32.7. The maximum atomic E-state index is 15.3. The molecule has 6 rings (SSSR count). The van der Waals surface area contributed by atoms with Crippen molar-refractivity contribution in [2.24, 2.45) is 0 Å². The van der Waals surface area contributed by atoms with Crippen LogP contribution in [0.1, 0.15) is 18.9 Å². The summed E-state index contributed by atoms with van der Waals surface area (Å²) in [5.74, 6) is -0.717. The molecule has 34 heavy (non-hydrogen) atoms. The van der Waals surface area contributed by atoms with Crippen LogP contribution in [-0.4, -0.2) is 49.8 Å². The molecule has 1 N–H and O–H groups in total. The summed E-state index contributed by atoms with van der Waals surface area (Å²) in [6, 6.07) is 6.91. The monoisotopic (exact) mass is 477 g/mol. The third kappa shape index (κ3) is 3.68. The van der Waals surface area contributed by atoms with Crippen LogP contribution in [0.4, 0.5) is 20.3 Å². The van der Waals surface area contributed by atoms with Crippen LogP contribution in [0.25, 0.3) is 32.2 Å². The molecule has 2 aromatic carbocycles. The molecule has 5 aromatic rings. The third-order valence-electron chi connectivity index (χ3n) is 6.38. The van der Waals surface area contributed by atoms with Crippen LogP contribution < -0.4 is 5.32 Å². The van der Waals surface area contributed by atoms with Gasteiger partial charge in [-0.1, -0.05) is 0 Å². The number of nitrogens with one attached hydrogen (secondary N) is 1. The van der Waals surface area contributed by atoms with E-state index in [1.807, 2.05) is 16.9 Å². The molecule has 1 fully saturated rings. The number of piperidine rings is 1. The highest BCUT2D eigenvalue weighted by Gasteiger charge is 2.20. The number of nitrogens with zero attached hydrogens (tertiary/aromatic N) is 6. The molecule has 1 saturated heterocycles. The van der Waals surface area contributed by atoms with Gasteiger partial charge in [-0.25, -0.2) is 23.7 Å². The summed E-state index contributed by atoms with van der Waals surface area (Å²) in [4.78, 5) is 14.9. The number of likely N-dealkylation sites (tertiary alicyclic amines) is 1. The maximum absolute atomic E-state index is 15.3. The summed E-state index contributed by atoms with van der Waals surface area (Å²) in [6.45, 7) is 2.07. The molecule has 172 valence electrons. The maximum Gasteiger partial charge on any atom is 0.166 e. The van der Waals surface area contributed by atoms with Crippen molar-refractivity contribution in [3.8, 4) is 11.1 Å². The summed E-state index contributed by atoms with van der Waals surface area (Å²) in [6.07, 6.45) is 7.15. The Labute approximate surface area is 198 Å². The molecule has 0 atom stereocenters. The van der Waals surface area contributed by atoms with Gasteiger partial charge in [-0.05, 0) is 62.8 Å². The van der Waals surface area contributed by atoms with Crippen molar-refractivity contribution < 1.29 is 8.78 Å². The van der Waals surface area contributed by atoms with Gasteiger partial charge in [-0.3, -0.25) is 4.68 Å². The minimum Gasteiger partial charge on any atom is -0.337 e. The van der Waals surface area contributed by atoms with Gasteiger partial charge in [0.1, 0.15) is 18.0 Å². The molecule has 0 aliphatic carbocycles. The molecule has 3 aromatic heterocycles. The molecule has 0 amide bonds. The average Bonchev–Trinajstić information content (AvgIpc) is 3.52. The topological polar surface area (TPSA) is 71.8 Å². The minimum atomic E-state index is -0.484. The number of hydrogen-bond donors (Lipinski definition) is 1. The Balaban J connectivity index is 1.34. The fourth-order valence-electron chi connectivity index (χ4n) is 4.47. The van der Waals surface area contributed by atoms with Crippen LogP contribution in [0.5, 0.6) is 0 Å². The molecule has 10 heteroatoms. The molecule has 0 saturated carbocycles. The lowest BCUT2D eigenvalue weighted by atomic mass is 10.0. The number of hydrogen-bond acceptors (Lipinski definition) is 7. The van der Waals surface area contributed by atoms with Gasteiger partial charge in [-0.15, -0.1) is 11.3 Å². The molecule has 0 bridgehead atoms. The van der Waals surface area contributed by atoms with E-state index in [0.717, 1.165) is 31.5 Å². The second-order valence-corrected chi connectivity index (χ2v) is 9.43. The van der Waals surface area contributed by atoms with E-state index in [4.69, 9.17) is 0 Å². The second-order valence-electron chi connectivity index (χ2n) is 8.57. The van der Waals surface area contributed by atoms with Gasteiger partial charge in [0, 0.05) is 11.8 Å². The molecule has 4 heterocycles. The van der Waals surface area contributed by atoms with E-state index >= 15 is 4.39 Å². The first-order valence-electron chi connectivity index (χ1n) is 11.0. The molecule has 0 unspecified atom stereocenters. The van der Waals surface area contributed by atoms with Gasteiger partial charge >= 0.3 is 0 Å². The Morgan fingerprint density at radius 2 is 1.88 bits per heavy atom. The van der Waals surface area contributed by atoms with Crippen molar-refractivity contribution >= 4 is 44.0 Å². The lowest BCUT2D eigenvalue weighted by Crippen LogP contribution is -2.31. The zero-order chi connectivity index (χ0) is 23.2. The lowest BCUT2D eigenvalue weighted by Gasteiger charge is -2.28. The molecule has 7 nitrogen and oxygen atoms in total. The highest BCUT2D eigenvalue weighted by atomic mass is 32.1. The minimum absolute atomic E-state index is 0.206. The Hall–Kier alpha value is -3.50. The van der Waals surface area contributed by atoms with E-state index in [1.54, 1.807) is 23.8 Å². The van der Waals surface area contributed by atoms with Crippen molar-refractivity contribution in [2.75, 3.05) is 25.5 Å². The zero-order valence-corrected chi connectivity index (χ0v) is 19.2. The van der Waals surface area contributed by atoms with Gasteiger partial charge in [-0.2, -0.15) is 5.10 Å². The normalized spacial score (nSPS) is 15.4. The number of thiazole rings is 1. The van der Waals surface area contributed by atoms with Gasteiger partial charge in [0.15, 0.2) is 5.82 Å². The van der Waals surface area contributed by atoms with Crippen LogP contribution in [-0.2, 0) is 0 Å². The Kier molecular flexibility index (Phi) is 5.19. The van der Waals surface area contributed by atoms with Crippen molar-refractivity contribution in [2.45, 2.75) is 18.9 Å². The van der Waals surface area contributed by atoms with Gasteiger partial charge in [0.2, 0.25) is 0 Å². The Morgan fingerprint density at radius 1 is 1.03 bits per heavy atom. The predicted molar refractivity (Wildman–Crippen MR) is 129 cm³/mol. The molecule has 0 radical (unpaired) electrons. The van der Waals surface area contributed by atoms with E-state index in [-0.39, 0.29) is 16.9 Å². The predicted octanol–water partition coefficient (Wildman–Crippen LogP) is 5.39. The van der Waals surface area contributed by atoms with Gasteiger partial charge in [0.05, 0.1) is 44.6 Å². The van der Waals surface area contributed by atoms with E-state index in [0.29, 0.717) is 27.3 Å². The largest absolute Gasteiger partial charge is 0.337 e. The first-order valence-corrected chi connectivity index (χ1v) is 11.9. The zero-order valence-electron chi connectivity index (χ0n) is 18.4. The molecule has 1 aliphatic heterocycles. The van der Waals surface area contributed by atoms with Crippen molar-refractivity contribution in [1.82, 2.24) is 29.6 Å². The SMILES string of the molecule is CN1CCC(n2cc(-c3cc(F)c4c(Nc5ccc6ncsc6c5F)ncnc4c3)cn2)CC1. The van der Waals surface area contributed by atoms with E-state index in [9.17, 15) is 4.39 Å². The number of halogens is 2. The molecular formula is C24H21F2N7S. The highest BCUT2D eigenvalue weighted by Crippen LogP contribution is 2.34. The fraction of sp³-hybridized carbons (Fsp3) is 0.250. The van der Waals surface area contributed by atoms with Gasteiger partial charge < -0.3 is 10.2 Å². The molecule has 0 spiro atoms. The number of anilines is 2. The van der Waals surface area contributed by atoms with E-state index in [2.05, 4.69) is 37.3 Å². The quantitative estimate of drug-likeness (QED) is 0.374. The van der Waals surface area contributed by atoms with Crippen LogP contribution >= 0.6 is 11.3 Å². The molecule has 1 aliphatic rings. The average molecular weight is 478 g/mol. The first-order chi connectivity index (χ1) is 16.6. The second kappa shape index (κ2) is 8.37. The van der Waals surface area contributed by atoms with Crippen molar-refractivity contribution in [3.05, 3.63) is 60.1 Å². The van der Waals surface area contributed by atoms with Crippen molar-refractivity contribution in [1.29, 1.82) is 0 Å². The summed E-state index contributed by atoms with van der Waals surface area (Å²) in [7, 11) is 2.12. The third-order valence-corrected chi connectivity index (χ3v) is 7.21. The van der Waals surface area contributed by atoms with Gasteiger partial charge in [0.25, 0.3) is 0 Å². The van der Waals surface area contributed by atoms with E-state index in [1.165, 1.54) is 23.7 Å². The van der Waals surface area contributed by atoms with Crippen LogP contribution in [0.15, 0.2) is 48.5 Å². The Morgan fingerprint density at radius 3 is 2.74 bits per heavy atom. The number of rotatable bonds is 4. The summed E-state index contributed by atoms with van der Waals surface area (Å²) >= 11 is 1.21. The highest BCUT2D eigenvalue weighted by molar-refractivity contribution is 7.16. The fourth-order valence-corrected chi connectivity index (χ4v) is 5.20. The smallest absolute Gasteiger partial charge is 0.166 e. The summed E-state index contributed by atoms with van der Waals surface area (Å²) in [5.41, 5.74) is 4.32. The lowest BCUT2D eigenvalue weighted by molar-refractivity contribution is 0.212. The van der Waals surface area contributed by atoms with Crippen molar-refractivity contribution in [3.63, 3.8) is 0 Å². The number of benzene rings is 2. The number of aromatic nitrogens is 5. The standard InChI is InChI=1S/C24H21F2N7S/c1-32-6-4-16(5-7-32)33-11-15(10-30-33)14-8-17(25)21-20(9-14)27-12-28-24(21)31-18-2-3-19-23(22(18)26)34-13-29-19/h2-3,8-13,16H,4-7H2,1H3,(H,27,28,31). The van der Waals surface area contributed by atoms with Crippen LogP contribution in [0, 0.1) is 11.6 Å². The van der Waals surface area contributed by atoms with Crippen LogP contribution in [0.2, 0.25) is 0 Å². The number of fused-ring (bicyclic) bond motifs is 2. The summed E-state index contributed by atoms with van der Waals surface area (Å²) in [5, 5.41) is 7.69. The first kappa shape index (κ1) is 21.1. The molecular weight excluding hydrogens is 456 g/mol. The van der Waals surface area contributed by atoms with Crippen LogP contribution in [0.3, 0.4) is 0 Å². The Bertz CT molecular complexity index is 1500. The van der Waals surface area contributed by atoms with E-state index < -0.39 is 11.6 Å².